The van der Waals surface area contributed by atoms with Crippen LogP contribution in [0.2, 0.25) is 0 Å². The molecule has 2 aromatic rings. The molecule has 3 N–H and O–H groups in total. The van der Waals surface area contributed by atoms with Crippen molar-refractivity contribution in [3.8, 4) is 0 Å². The maximum Gasteiger partial charge on any atom is 0.335 e. The maximum atomic E-state index is 13.1. The molecule has 0 bridgehead atoms. The van der Waals surface area contributed by atoms with Crippen LogP contribution in [0.3, 0.4) is 0 Å². The molecule has 0 aliphatic carbocycles. The third-order valence-corrected chi connectivity index (χ3v) is 3.15. The fraction of sp³-hybridized carbons (Fsp3) is 0. The second-order valence-corrected chi connectivity index (χ2v) is 4.95. The summed E-state index contributed by atoms with van der Waals surface area (Å²) >= 11 is 3.02. The zero-order valence-corrected chi connectivity index (χ0v) is 12.1. The molecular formula is C14H10BrFN2O3. The second kappa shape index (κ2) is 6.36. The van der Waals surface area contributed by atoms with Gasteiger partial charge >= 0.3 is 12.0 Å². The molecule has 0 atom stereocenters. The zero-order chi connectivity index (χ0) is 15.4. The monoisotopic (exact) mass is 352 g/mol. The highest BCUT2D eigenvalue weighted by Crippen LogP contribution is 2.20. The molecule has 0 saturated carbocycles. The van der Waals surface area contributed by atoms with E-state index in [0.29, 0.717) is 11.4 Å². The average Bonchev–Trinajstić information content (AvgIpc) is 2.43. The molecule has 0 saturated heterocycles. The van der Waals surface area contributed by atoms with Gasteiger partial charge in [-0.05, 0) is 52.3 Å². The first-order chi connectivity index (χ1) is 9.95. The number of nitrogens with one attached hydrogen (secondary N) is 2. The molecule has 5 nitrogen and oxygen atoms in total. The van der Waals surface area contributed by atoms with E-state index in [1.165, 1.54) is 36.4 Å². The topological polar surface area (TPSA) is 78.4 Å². The third kappa shape index (κ3) is 4.03. The standard InChI is InChI=1S/C14H10BrFN2O3/c15-11-7-10(4-5-12(11)16)18-14(21)17-9-3-1-2-8(6-9)13(19)20/h1-7H,(H,19,20)(H2,17,18,21). The summed E-state index contributed by atoms with van der Waals surface area (Å²) < 4.78 is 13.3. The number of amides is 2. The average molecular weight is 353 g/mol. The largest absolute Gasteiger partial charge is 0.478 e. The minimum absolute atomic E-state index is 0.0670. The number of carbonyl (C=O) groups excluding carboxylic acids is 1. The van der Waals surface area contributed by atoms with Crippen LogP contribution in [0.25, 0.3) is 0 Å². The van der Waals surface area contributed by atoms with Gasteiger partial charge in [-0.25, -0.2) is 14.0 Å². The molecule has 0 aliphatic heterocycles. The van der Waals surface area contributed by atoms with Gasteiger partial charge in [-0.3, -0.25) is 0 Å². The van der Waals surface area contributed by atoms with E-state index < -0.39 is 17.8 Å². The van der Waals surface area contributed by atoms with E-state index >= 15 is 0 Å². The molecule has 2 aromatic carbocycles. The molecule has 0 heterocycles. The third-order valence-electron chi connectivity index (χ3n) is 2.54. The number of anilines is 2. The molecule has 7 heteroatoms. The molecule has 21 heavy (non-hydrogen) atoms. The fourth-order valence-electron chi connectivity index (χ4n) is 1.60. The number of carboxylic acid groups (broad SMARTS) is 1. The van der Waals surface area contributed by atoms with Crippen molar-refractivity contribution in [1.29, 1.82) is 0 Å². The first kappa shape index (κ1) is 15.0. The fourth-order valence-corrected chi connectivity index (χ4v) is 1.98. The van der Waals surface area contributed by atoms with E-state index in [4.69, 9.17) is 5.11 Å². The van der Waals surface area contributed by atoms with Crippen molar-refractivity contribution in [2.45, 2.75) is 0 Å². The maximum absolute atomic E-state index is 13.1. The number of carboxylic acids is 1. The van der Waals surface area contributed by atoms with Crippen LogP contribution in [-0.2, 0) is 0 Å². The lowest BCUT2D eigenvalue weighted by molar-refractivity contribution is 0.0697. The Hall–Kier alpha value is -2.41. The lowest BCUT2D eigenvalue weighted by Crippen LogP contribution is -2.19. The minimum Gasteiger partial charge on any atom is -0.478 e. The summed E-state index contributed by atoms with van der Waals surface area (Å²) in [5, 5.41) is 13.9. The van der Waals surface area contributed by atoms with Crippen LogP contribution in [0, 0.1) is 5.82 Å². The Kier molecular flexibility index (Phi) is 4.54. The van der Waals surface area contributed by atoms with Crippen LogP contribution in [0.1, 0.15) is 10.4 Å². The van der Waals surface area contributed by atoms with Crippen molar-refractivity contribution >= 4 is 39.3 Å². The van der Waals surface area contributed by atoms with Gasteiger partial charge in [0.25, 0.3) is 0 Å². The lowest BCUT2D eigenvalue weighted by Gasteiger charge is -2.08. The molecule has 0 aromatic heterocycles. The quantitative estimate of drug-likeness (QED) is 0.782. The number of aromatic carboxylic acids is 1. The van der Waals surface area contributed by atoms with E-state index in [-0.39, 0.29) is 10.0 Å². The first-order valence-electron chi connectivity index (χ1n) is 5.82. The molecule has 0 unspecified atom stereocenters. The Morgan fingerprint density at radius 3 is 2.33 bits per heavy atom. The highest BCUT2D eigenvalue weighted by atomic mass is 79.9. The number of halogens is 2. The van der Waals surface area contributed by atoms with Crippen molar-refractivity contribution in [3.05, 3.63) is 58.3 Å². The minimum atomic E-state index is -1.08. The molecule has 2 amide bonds. The van der Waals surface area contributed by atoms with Gasteiger partial charge in [0.1, 0.15) is 5.82 Å². The molecule has 0 aliphatic rings. The Bertz CT molecular complexity index is 706. The van der Waals surface area contributed by atoms with Gasteiger partial charge in [0.05, 0.1) is 10.0 Å². The van der Waals surface area contributed by atoms with Gasteiger partial charge < -0.3 is 15.7 Å². The van der Waals surface area contributed by atoms with Gasteiger partial charge in [-0.15, -0.1) is 0 Å². The predicted molar refractivity (Wildman–Crippen MR) is 80.1 cm³/mol. The Morgan fingerprint density at radius 1 is 1.05 bits per heavy atom. The lowest BCUT2D eigenvalue weighted by atomic mass is 10.2. The van der Waals surface area contributed by atoms with E-state index in [9.17, 15) is 14.0 Å². The molecule has 0 spiro atoms. The van der Waals surface area contributed by atoms with Crippen molar-refractivity contribution < 1.29 is 19.1 Å². The summed E-state index contributed by atoms with van der Waals surface area (Å²) in [7, 11) is 0. The summed E-state index contributed by atoms with van der Waals surface area (Å²) in [6.07, 6.45) is 0. The Balaban J connectivity index is 2.06. The molecule has 2 rings (SSSR count). The van der Waals surface area contributed by atoms with Crippen LogP contribution in [0.4, 0.5) is 20.6 Å². The molecule has 0 fully saturated rings. The van der Waals surface area contributed by atoms with Crippen LogP contribution >= 0.6 is 15.9 Å². The van der Waals surface area contributed by atoms with Crippen LogP contribution in [0.15, 0.2) is 46.9 Å². The zero-order valence-electron chi connectivity index (χ0n) is 10.6. The van der Waals surface area contributed by atoms with Gasteiger partial charge in [-0.1, -0.05) is 6.07 Å². The summed E-state index contributed by atoms with van der Waals surface area (Å²) in [5.74, 6) is -1.52. The Morgan fingerprint density at radius 2 is 1.71 bits per heavy atom. The second-order valence-electron chi connectivity index (χ2n) is 4.09. The smallest absolute Gasteiger partial charge is 0.335 e. The first-order valence-corrected chi connectivity index (χ1v) is 6.61. The van der Waals surface area contributed by atoms with Crippen LogP contribution in [-0.4, -0.2) is 17.1 Å². The van der Waals surface area contributed by atoms with Crippen molar-refractivity contribution in [2.24, 2.45) is 0 Å². The summed E-state index contributed by atoms with van der Waals surface area (Å²) in [4.78, 5) is 22.6. The van der Waals surface area contributed by atoms with E-state index in [1.54, 1.807) is 6.07 Å². The van der Waals surface area contributed by atoms with Gasteiger partial charge in [-0.2, -0.15) is 0 Å². The summed E-state index contributed by atoms with van der Waals surface area (Å²) in [6, 6.07) is 9.32. The van der Waals surface area contributed by atoms with Gasteiger partial charge in [0.2, 0.25) is 0 Å². The highest BCUT2D eigenvalue weighted by Gasteiger charge is 2.07. The number of hydrogen-bond donors (Lipinski definition) is 3. The number of urea groups is 1. The highest BCUT2D eigenvalue weighted by molar-refractivity contribution is 9.10. The SMILES string of the molecule is O=C(Nc1cccc(C(=O)O)c1)Nc1ccc(F)c(Br)c1. The summed E-state index contributed by atoms with van der Waals surface area (Å²) in [5.41, 5.74) is 0.807. The van der Waals surface area contributed by atoms with Crippen molar-refractivity contribution in [2.75, 3.05) is 10.6 Å². The van der Waals surface area contributed by atoms with E-state index in [0.717, 1.165) is 0 Å². The number of hydrogen-bond acceptors (Lipinski definition) is 2. The van der Waals surface area contributed by atoms with Crippen molar-refractivity contribution in [1.82, 2.24) is 0 Å². The van der Waals surface area contributed by atoms with Crippen LogP contribution in [0.5, 0.6) is 0 Å². The molecular weight excluding hydrogens is 343 g/mol. The Labute approximate surface area is 127 Å². The molecule has 0 radical (unpaired) electrons. The predicted octanol–water partition coefficient (Wildman–Crippen LogP) is 3.93. The number of benzene rings is 2. The van der Waals surface area contributed by atoms with Gasteiger partial charge in [0.15, 0.2) is 0 Å². The van der Waals surface area contributed by atoms with E-state index in [2.05, 4.69) is 26.6 Å². The van der Waals surface area contributed by atoms with Crippen LogP contribution < -0.4 is 10.6 Å². The normalized spacial score (nSPS) is 10.0. The molecule has 108 valence electrons. The number of rotatable bonds is 3. The van der Waals surface area contributed by atoms with Gasteiger partial charge in [0, 0.05) is 11.4 Å². The van der Waals surface area contributed by atoms with E-state index in [1.807, 2.05) is 0 Å². The summed E-state index contributed by atoms with van der Waals surface area (Å²) in [6.45, 7) is 0. The van der Waals surface area contributed by atoms with Crippen molar-refractivity contribution in [3.63, 3.8) is 0 Å². The number of carbonyl (C=O) groups is 2.